The highest BCUT2D eigenvalue weighted by Gasteiger charge is 2.23. The summed E-state index contributed by atoms with van der Waals surface area (Å²) in [6, 6.07) is 8.48. The monoisotopic (exact) mass is 473 g/mol. The number of anilines is 1. The molecular weight excluding hydrogens is 442 g/mol. The second-order valence-electron chi connectivity index (χ2n) is 7.56. The summed E-state index contributed by atoms with van der Waals surface area (Å²) in [6.45, 7) is 7.26. The average Bonchev–Trinajstić information content (AvgIpc) is 3.16. The highest BCUT2D eigenvalue weighted by atomic mass is 32.2. The van der Waals surface area contributed by atoms with E-state index in [2.05, 4.69) is 26.8 Å². The Morgan fingerprint density at radius 1 is 1.15 bits per heavy atom. The lowest BCUT2D eigenvalue weighted by Gasteiger charge is -2.18. The van der Waals surface area contributed by atoms with Gasteiger partial charge in [0, 0.05) is 38.5 Å². The normalized spacial score (nSPS) is 11.8. The molecule has 1 N–H and O–H groups in total. The topological polar surface area (TPSA) is 106 Å². The van der Waals surface area contributed by atoms with Gasteiger partial charge >= 0.3 is 0 Å². The van der Waals surface area contributed by atoms with E-state index in [1.807, 2.05) is 13.8 Å². The lowest BCUT2D eigenvalue weighted by atomic mass is 10.2. The maximum absolute atomic E-state index is 12.9. The number of carbonyl (C=O) groups is 1. The number of carbonyl (C=O) groups excluding carboxylic acids is 1. The predicted octanol–water partition coefficient (Wildman–Crippen LogP) is 3.45. The second kappa shape index (κ2) is 10.8. The first-order chi connectivity index (χ1) is 15.8. The number of benzene rings is 1. The standard InChI is InChI=1S/C23H31N5O4S/c1-5-14-28-20-10-9-18(33(30,31)27(6-2)7-3)15-19(20)26-21(28)11-12-22(29)25-17-8-13-23(32-4)24-16-17/h8-10,13,15-16H,5-7,11-12,14H2,1-4H3,(H,25,29). The van der Waals surface area contributed by atoms with E-state index in [1.54, 1.807) is 36.5 Å². The van der Waals surface area contributed by atoms with E-state index in [9.17, 15) is 13.2 Å². The fraction of sp³-hybridized carbons (Fsp3) is 0.435. The van der Waals surface area contributed by atoms with Crippen LogP contribution in [0.4, 0.5) is 5.69 Å². The van der Waals surface area contributed by atoms with E-state index in [0.29, 0.717) is 36.6 Å². The number of aromatic nitrogens is 3. The third-order valence-corrected chi connectivity index (χ3v) is 7.44. The van der Waals surface area contributed by atoms with Crippen LogP contribution in [0.2, 0.25) is 0 Å². The number of hydrogen-bond acceptors (Lipinski definition) is 6. The van der Waals surface area contributed by atoms with Crippen molar-refractivity contribution in [1.82, 2.24) is 18.8 Å². The molecule has 3 aromatic rings. The summed E-state index contributed by atoms with van der Waals surface area (Å²) < 4.78 is 34.3. The molecule has 1 amide bonds. The molecule has 0 saturated heterocycles. The van der Waals surface area contributed by atoms with Crippen LogP contribution >= 0.6 is 0 Å². The zero-order valence-corrected chi connectivity index (χ0v) is 20.4. The summed E-state index contributed by atoms with van der Waals surface area (Å²) in [5, 5.41) is 2.82. The van der Waals surface area contributed by atoms with E-state index in [1.165, 1.54) is 11.4 Å². The Labute approximate surface area is 194 Å². The lowest BCUT2D eigenvalue weighted by Crippen LogP contribution is -2.30. The van der Waals surface area contributed by atoms with Crippen LogP contribution in [0.1, 0.15) is 39.4 Å². The van der Waals surface area contributed by atoms with Crippen molar-refractivity contribution in [3.05, 3.63) is 42.4 Å². The van der Waals surface area contributed by atoms with Gasteiger partial charge in [0.2, 0.25) is 21.8 Å². The first kappa shape index (κ1) is 24.7. The molecule has 10 heteroatoms. The van der Waals surface area contributed by atoms with Crippen LogP contribution in [0.3, 0.4) is 0 Å². The number of methoxy groups -OCH3 is 1. The molecule has 2 heterocycles. The van der Waals surface area contributed by atoms with Crippen molar-refractivity contribution < 1.29 is 17.9 Å². The maximum atomic E-state index is 12.9. The number of fused-ring (bicyclic) bond motifs is 1. The van der Waals surface area contributed by atoms with Crippen molar-refractivity contribution >= 4 is 32.7 Å². The molecular formula is C23H31N5O4S. The highest BCUT2D eigenvalue weighted by molar-refractivity contribution is 7.89. The molecule has 0 aliphatic rings. The molecule has 33 heavy (non-hydrogen) atoms. The molecule has 0 aliphatic heterocycles. The quantitative estimate of drug-likeness (QED) is 0.457. The first-order valence-corrected chi connectivity index (χ1v) is 12.6. The largest absolute Gasteiger partial charge is 0.481 e. The van der Waals surface area contributed by atoms with Gasteiger partial charge in [0.25, 0.3) is 0 Å². The van der Waals surface area contributed by atoms with Crippen LogP contribution < -0.4 is 10.1 Å². The maximum Gasteiger partial charge on any atom is 0.243 e. The molecule has 3 rings (SSSR count). The number of aryl methyl sites for hydroxylation is 2. The van der Waals surface area contributed by atoms with E-state index in [4.69, 9.17) is 4.74 Å². The number of rotatable bonds is 11. The van der Waals surface area contributed by atoms with Crippen molar-refractivity contribution in [2.75, 3.05) is 25.5 Å². The summed E-state index contributed by atoms with van der Waals surface area (Å²) in [5.74, 6) is 1.08. The number of imidazole rings is 1. The average molecular weight is 474 g/mol. The minimum Gasteiger partial charge on any atom is -0.481 e. The molecule has 0 saturated carbocycles. The Bertz CT molecular complexity index is 1200. The smallest absolute Gasteiger partial charge is 0.243 e. The lowest BCUT2D eigenvalue weighted by molar-refractivity contribution is -0.116. The van der Waals surface area contributed by atoms with Crippen LogP contribution in [-0.2, 0) is 27.8 Å². The zero-order valence-electron chi connectivity index (χ0n) is 19.5. The van der Waals surface area contributed by atoms with Gasteiger partial charge < -0.3 is 14.6 Å². The molecule has 0 bridgehead atoms. The zero-order chi connectivity index (χ0) is 24.0. The molecule has 9 nitrogen and oxygen atoms in total. The Morgan fingerprint density at radius 2 is 1.91 bits per heavy atom. The second-order valence-corrected chi connectivity index (χ2v) is 9.49. The van der Waals surface area contributed by atoms with E-state index in [-0.39, 0.29) is 17.2 Å². The van der Waals surface area contributed by atoms with Gasteiger partial charge in [-0.25, -0.2) is 18.4 Å². The van der Waals surface area contributed by atoms with Crippen LogP contribution in [0.25, 0.3) is 11.0 Å². The number of sulfonamides is 1. The Morgan fingerprint density at radius 3 is 2.52 bits per heavy atom. The van der Waals surface area contributed by atoms with Gasteiger partial charge in [0.15, 0.2) is 0 Å². The third kappa shape index (κ3) is 5.51. The van der Waals surface area contributed by atoms with Gasteiger partial charge in [-0.3, -0.25) is 4.79 Å². The van der Waals surface area contributed by atoms with Crippen LogP contribution in [0.5, 0.6) is 5.88 Å². The van der Waals surface area contributed by atoms with E-state index in [0.717, 1.165) is 24.3 Å². The Kier molecular flexibility index (Phi) is 8.04. The number of nitrogens with zero attached hydrogens (tertiary/aromatic N) is 4. The van der Waals surface area contributed by atoms with Crippen molar-refractivity contribution in [2.24, 2.45) is 0 Å². The van der Waals surface area contributed by atoms with Gasteiger partial charge in [-0.2, -0.15) is 4.31 Å². The minimum atomic E-state index is -3.57. The number of ether oxygens (including phenoxy) is 1. The summed E-state index contributed by atoms with van der Waals surface area (Å²) in [4.78, 5) is 21.5. The number of nitrogens with one attached hydrogen (secondary N) is 1. The fourth-order valence-electron chi connectivity index (χ4n) is 3.72. The molecule has 178 valence electrons. The molecule has 0 aliphatic carbocycles. The fourth-order valence-corrected chi connectivity index (χ4v) is 5.20. The molecule has 0 atom stereocenters. The number of amides is 1. The molecule has 0 unspecified atom stereocenters. The summed E-state index contributed by atoms with van der Waals surface area (Å²) in [6.07, 6.45) is 3.11. The van der Waals surface area contributed by atoms with Gasteiger partial charge in [-0.05, 0) is 30.7 Å². The van der Waals surface area contributed by atoms with Crippen molar-refractivity contribution in [3.8, 4) is 5.88 Å². The molecule has 0 spiro atoms. The van der Waals surface area contributed by atoms with Crippen molar-refractivity contribution in [2.45, 2.75) is 51.5 Å². The number of hydrogen-bond donors (Lipinski definition) is 1. The predicted molar refractivity (Wildman–Crippen MR) is 128 cm³/mol. The Hall–Kier alpha value is -2.98. The Balaban J connectivity index is 1.81. The van der Waals surface area contributed by atoms with Crippen molar-refractivity contribution in [3.63, 3.8) is 0 Å². The first-order valence-electron chi connectivity index (χ1n) is 11.1. The molecule has 2 aromatic heterocycles. The minimum absolute atomic E-state index is 0.151. The van der Waals surface area contributed by atoms with Crippen LogP contribution in [0, 0.1) is 0 Å². The molecule has 0 fully saturated rings. The molecule has 1 aromatic carbocycles. The van der Waals surface area contributed by atoms with Gasteiger partial charge in [0.1, 0.15) is 5.82 Å². The molecule has 0 radical (unpaired) electrons. The van der Waals surface area contributed by atoms with Gasteiger partial charge in [0.05, 0.1) is 34.9 Å². The van der Waals surface area contributed by atoms with Gasteiger partial charge in [-0.1, -0.05) is 20.8 Å². The number of pyridine rings is 1. The third-order valence-electron chi connectivity index (χ3n) is 5.39. The SMILES string of the molecule is CCCn1c(CCC(=O)Nc2ccc(OC)nc2)nc2cc(S(=O)(=O)N(CC)CC)ccc21. The van der Waals surface area contributed by atoms with Crippen molar-refractivity contribution in [1.29, 1.82) is 0 Å². The van der Waals surface area contributed by atoms with E-state index >= 15 is 0 Å². The summed E-state index contributed by atoms with van der Waals surface area (Å²) in [5.41, 5.74) is 2.07. The van der Waals surface area contributed by atoms with Gasteiger partial charge in [-0.15, -0.1) is 0 Å². The summed E-state index contributed by atoms with van der Waals surface area (Å²) >= 11 is 0. The van der Waals surface area contributed by atoms with Crippen LogP contribution in [0.15, 0.2) is 41.4 Å². The van der Waals surface area contributed by atoms with Crippen LogP contribution in [-0.4, -0.2) is 53.4 Å². The highest BCUT2D eigenvalue weighted by Crippen LogP contribution is 2.24. The van der Waals surface area contributed by atoms with E-state index < -0.39 is 10.0 Å². The summed E-state index contributed by atoms with van der Waals surface area (Å²) in [7, 11) is -2.04.